The summed E-state index contributed by atoms with van der Waals surface area (Å²) in [6, 6.07) is 11.7. The molecule has 2 fully saturated rings. The van der Waals surface area contributed by atoms with Gasteiger partial charge in [0.05, 0.1) is 50.4 Å². The van der Waals surface area contributed by atoms with Crippen LogP contribution in [-0.4, -0.2) is 132 Å². The molecule has 1 unspecified atom stereocenters. The summed E-state index contributed by atoms with van der Waals surface area (Å²) in [6.07, 6.45) is -0.950. The third-order valence-electron chi connectivity index (χ3n) is 12.4. The van der Waals surface area contributed by atoms with Crippen molar-refractivity contribution in [3.63, 3.8) is 0 Å². The van der Waals surface area contributed by atoms with Gasteiger partial charge in [0.15, 0.2) is 0 Å². The molecule has 2 aliphatic rings. The fourth-order valence-corrected chi connectivity index (χ4v) is 12.4. The molecule has 16 nitrogen and oxygen atoms in total. The summed E-state index contributed by atoms with van der Waals surface area (Å²) in [5.41, 5.74) is 9.27. The first-order valence-electron chi connectivity index (χ1n) is 24.0. The van der Waals surface area contributed by atoms with E-state index in [1.54, 1.807) is 33.7 Å². The molecule has 7 N–H and O–H groups in total. The minimum absolute atomic E-state index is 0.0385. The highest BCUT2D eigenvalue weighted by molar-refractivity contribution is 8.76. The maximum Gasteiger partial charge on any atom is 0.246 e. The Labute approximate surface area is 427 Å². The molecule has 0 spiro atoms. The maximum atomic E-state index is 14.4. The SMILES string of the molecule is Cc1ncsc1-c1ccc(CNC(=O)[C@H]2C[C@H](O)CN2C(=O)[C@@H](CSSC[C@H](NC(O)CCC(C)C)C(=O)N2C[C@H](O)C[C@H]2C(=O)NCc2ccc(-c3scnc3C)cc2)NC(=O)CCC(C)C)cc1. The molecular weight excluding hydrogens is 969 g/mol. The number of amides is 5. The number of rotatable bonds is 24. The fraction of sp³-hybridized carbons (Fsp3) is 0.540. The number of likely N-dealkylation sites (tertiary alicyclic amines) is 2. The van der Waals surface area contributed by atoms with Gasteiger partial charge in [-0.05, 0) is 67.2 Å². The second kappa shape index (κ2) is 26.3. The first-order valence-corrected chi connectivity index (χ1v) is 28.2. The van der Waals surface area contributed by atoms with Crippen LogP contribution in [0.1, 0.15) is 88.7 Å². The standard InChI is InChI=1S/C50H68N8O8S4/c1-29(2)7-17-43(61)55-39(49(65)57-23-37(59)19-41(57)47(63)51-21-33-9-13-35(14-10-33)45-31(5)53-27-67-45)25-69-70-26-40(56-44(62)18-8-30(3)4)50(66)58-24-38(60)20-42(58)48(64)52-22-34-11-15-36(16-12-34)46-32(6)54-28-68-46/h9-16,27-30,37-43,55,59-61H,7-8,17-26H2,1-6H3,(H,51,63)(H,52,64)(H,56,62)/t37-,38+,39+,40-,41+,42-,43?/m1/s1. The number of hydrogen-bond acceptors (Lipinski definition) is 15. The van der Waals surface area contributed by atoms with E-state index < -0.39 is 66.2 Å². The van der Waals surface area contributed by atoms with Gasteiger partial charge in [-0.15, -0.1) is 22.7 Å². The first-order chi connectivity index (χ1) is 33.5. The van der Waals surface area contributed by atoms with Crippen LogP contribution in [0, 0.1) is 25.7 Å². The molecule has 20 heteroatoms. The van der Waals surface area contributed by atoms with E-state index in [-0.39, 0.29) is 68.8 Å². The lowest BCUT2D eigenvalue weighted by Crippen LogP contribution is -2.55. The molecule has 4 heterocycles. The number of benzene rings is 2. The number of aromatic nitrogens is 2. The second-order valence-electron chi connectivity index (χ2n) is 19.0. The van der Waals surface area contributed by atoms with Crippen molar-refractivity contribution in [1.82, 2.24) is 41.0 Å². The van der Waals surface area contributed by atoms with Gasteiger partial charge >= 0.3 is 0 Å². The van der Waals surface area contributed by atoms with Crippen LogP contribution < -0.4 is 21.3 Å². The predicted molar refractivity (Wildman–Crippen MR) is 278 cm³/mol. The van der Waals surface area contributed by atoms with Crippen molar-refractivity contribution in [3.05, 3.63) is 82.1 Å². The van der Waals surface area contributed by atoms with E-state index in [9.17, 15) is 39.3 Å². The minimum atomic E-state index is -1.06. The molecule has 0 bridgehead atoms. The van der Waals surface area contributed by atoms with Crippen LogP contribution in [0.15, 0.2) is 59.6 Å². The molecule has 0 radical (unpaired) electrons. The Morgan fingerprint density at radius 3 is 1.54 bits per heavy atom. The van der Waals surface area contributed by atoms with Gasteiger partial charge in [-0.25, -0.2) is 9.97 Å². The third-order valence-corrected chi connectivity index (χ3v) is 16.8. The van der Waals surface area contributed by atoms with Gasteiger partial charge in [0.25, 0.3) is 0 Å². The van der Waals surface area contributed by atoms with Crippen molar-refractivity contribution < 1.29 is 39.3 Å². The topological polar surface area (TPSA) is 226 Å². The minimum Gasteiger partial charge on any atom is -0.391 e. The number of carbonyl (C=O) groups excluding carboxylic acids is 5. The average molecular weight is 1040 g/mol. The molecule has 7 atom stereocenters. The van der Waals surface area contributed by atoms with Gasteiger partial charge in [0.2, 0.25) is 29.5 Å². The molecule has 4 aromatic rings. The lowest BCUT2D eigenvalue weighted by Gasteiger charge is -2.30. The van der Waals surface area contributed by atoms with E-state index in [1.165, 1.54) is 31.4 Å². The monoisotopic (exact) mass is 1040 g/mol. The Kier molecular flexibility index (Phi) is 20.7. The van der Waals surface area contributed by atoms with Crippen LogP contribution in [0.5, 0.6) is 0 Å². The summed E-state index contributed by atoms with van der Waals surface area (Å²) >= 11 is 3.11. The van der Waals surface area contributed by atoms with Gasteiger partial charge < -0.3 is 41.1 Å². The van der Waals surface area contributed by atoms with Gasteiger partial charge in [0, 0.05) is 56.9 Å². The Morgan fingerprint density at radius 1 is 0.671 bits per heavy atom. The number of aliphatic hydroxyl groups is 3. The highest BCUT2D eigenvalue weighted by Crippen LogP contribution is 2.30. The quantitative estimate of drug-likeness (QED) is 0.0265. The number of nitrogens with zero attached hydrogens (tertiary/aromatic N) is 4. The zero-order valence-corrected chi connectivity index (χ0v) is 44.0. The van der Waals surface area contributed by atoms with Gasteiger partial charge in [-0.3, -0.25) is 29.3 Å². The maximum absolute atomic E-state index is 14.4. The molecule has 0 saturated carbocycles. The highest BCUT2D eigenvalue weighted by Gasteiger charge is 2.43. The molecule has 70 heavy (non-hydrogen) atoms. The van der Waals surface area contributed by atoms with E-state index in [0.29, 0.717) is 25.2 Å². The summed E-state index contributed by atoms with van der Waals surface area (Å²) in [5.74, 6) is -1.39. The zero-order chi connectivity index (χ0) is 50.5. The largest absolute Gasteiger partial charge is 0.391 e. The first kappa shape index (κ1) is 54.9. The number of hydrogen-bond donors (Lipinski definition) is 7. The molecule has 2 saturated heterocycles. The summed E-state index contributed by atoms with van der Waals surface area (Å²) < 4.78 is 0. The van der Waals surface area contributed by atoms with Crippen molar-refractivity contribution in [2.24, 2.45) is 11.8 Å². The smallest absolute Gasteiger partial charge is 0.246 e. The van der Waals surface area contributed by atoms with Gasteiger partial charge in [-0.2, -0.15) is 0 Å². The number of aryl methyl sites for hydroxylation is 2. The third kappa shape index (κ3) is 15.5. The van der Waals surface area contributed by atoms with E-state index in [1.807, 2.05) is 90.1 Å². The molecule has 2 aromatic heterocycles. The van der Waals surface area contributed by atoms with Crippen LogP contribution in [0.25, 0.3) is 20.9 Å². The van der Waals surface area contributed by atoms with E-state index in [2.05, 4.69) is 31.2 Å². The molecule has 2 aliphatic heterocycles. The van der Waals surface area contributed by atoms with Crippen LogP contribution in [0.4, 0.5) is 0 Å². The van der Waals surface area contributed by atoms with Crippen LogP contribution in [0.3, 0.4) is 0 Å². The number of carbonyl (C=O) groups is 5. The average Bonchev–Trinajstić information content (AvgIpc) is 4.16. The Balaban J connectivity index is 1.09. The van der Waals surface area contributed by atoms with E-state index >= 15 is 0 Å². The predicted octanol–water partition coefficient (Wildman–Crippen LogP) is 5.42. The summed E-state index contributed by atoms with van der Waals surface area (Å²) in [6.45, 7) is 12.3. The van der Waals surface area contributed by atoms with Crippen LogP contribution >= 0.6 is 44.3 Å². The number of nitrogens with one attached hydrogen (secondary N) is 4. The lowest BCUT2D eigenvalue weighted by atomic mass is 10.1. The molecular formula is C50H68N8O8S4. The molecule has 0 aliphatic carbocycles. The van der Waals surface area contributed by atoms with Gasteiger partial charge in [-0.1, -0.05) is 97.8 Å². The van der Waals surface area contributed by atoms with E-state index in [0.717, 1.165) is 43.4 Å². The van der Waals surface area contributed by atoms with Crippen molar-refractivity contribution >= 4 is 73.8 Å². The molecule has 380 valence electrons. The highest BCUT2D eigenvalue weighted by atomic mass is 33.1. The van der Waals surface area contributed by atoms with Crippen LogP contribution in [-0.2, 0) is 37.1 Å². The number of thiazole rings is 2. The Morgan fingerprint density at radius 2 is 1.11 bits per heavy atom. The normalized spacial score (nSPS) is 19.4. The Bertz CT molecular complexity index is 2360. The summed E-state index contributed by atoms with van der Waals surface area (Å²) in [5, 5.41) is 44.5. The summed E-state index contributed by atoms with van der Waals surface area (Å²) in [4.78, 5) is 83.0. The Hall–Kier alpha value is -4.41. The fourth-order valence-electron chi connectivity index (χ4n) is 8.42. The van der Waals surface area contributed by atoms with E-state index in [4.69, 9.17) is 0 Å². The second-order valence-corrected chi connectivity index (χ2v) is 23.2. The lowest BCUT2D eigenvalue weighted by molar-refractivity contribution is -0.141. The van der Waals surface area contributed by atoms with Gasteiger partial charge in [0.1, 0.15) is 24.4 Å². The zero-order valence-electron chi connectivity index (χ0n) is 40.8. The number of β-amino-alcohol motifs (C(OH)–C–C–N with tert-alkyl or cyclic N) is 2. The van der Waals surface area contributed by atoms with Crippen molar-refractivity contribution in [2.45, 2.75) is 136 Å². The molecule has 6 rings (SSSR count). The molecule has 2 aromatic carbocycles. The van der Waals surface area contributed by atoms with Crippen molar-refractivity contribution in [3.8, 4) is 20.9 Å². The number of aliphatic hydroxyl groups excluding tert-OH is 3. The summed E-state index contributed by atoms with van der Waals surface area (Å²) in [7, 11) is 2.50. The molecule has 5 amide bonds. The van der Waals surface area contributed by atoms with Crippen molar-refractivity contribution in [2.75, 3.05) is 24.6 Å². The van der Waals surface area contributed by atoms with Crippen molar-refractivity contribution in [1.29, 1.82) is 0 Å². The van der Waals surface area contributed by atoms with Crippen LogP contribution in [0.2, 0.25) is 0 Å².